The van der Waals surface area contributed by atoms with Crippen LogP contribution in [0.15, 0.2) is 51.7 Å². The van der Waals surface area contributed by atoms with E-state index in [1.807, 2.05) is 55.6 Å². The number of rotatable bonds is 8. The number of nitrogens with one attached hydrogen (secondary N) is 2. The number of aromatic amines is 1. The lowest BCUT2D eigenvalue weighted by molar-refractivity contribution is -0.119. The minimum atomic E-state index is -0.240. The zero-order valence-electron chi connectivity index (χ0n) is 15.3. The van der Waals surface area contributed by atoms with E-state index in [0.717, 1.165) is 16.9 Å². The highest BCUT2D eigenvalue weighted by Crippen LogP contribution is 2.26. The third-order valence-electron chi connectivity index (χ3n) is 4.05. The van der Waals surface area contributed by atoms with E-state index in [1.54, 1.807) is 15.9 Å². The molecule has 0 aliphatic heterocycles. The predicted molar refractivity (Wildman–Crippen MR) is 109 cm³/mol. The minimum absolute atomic E-state index is 0.0996. The van der Waals surface area contributed by atoms with Crippen molar-refractivity contribution in [3.63, 3.8) is 0 Å². The Bertz CT molecular complexity index is 930. The number of aromatic nitrogens is 3. The van der Waals surface area contributed by atoms with E-state index in [4.69, 9.17) is 0 Å². The van der Waals surface area contributed by atoms with Crippen molar-refractivity contribution in [1.29, 1.82) is 0 Å². The lowest BCUT2D eigenvalue weighted by atomic mass is 10.0. The van der Waals surface area contributed by atoms with Crippen LogP contribution in [-0.4, -0.2) is 26.4 Å². The molecule has 142 valence electrons. The summed E-state index contributed by atoms with van der Waals surface area (Å²) in [6.45, 7) is 4.62. The smallest absolute Gasteiger partial charge is 0.343 e. The number of nitrogens with zero attached hydrogens (tertiary/aromatic N) is 2. The van der Waals surface area contributed by atoms with Crippen molar-refractivity contribution in [2.24, 2.45) is 0 Å². The summed E-state index contributed by atoms with van der Waals surface area (Å²) < 4.78 is 1.56. The van der Waals surface area contributed by atoms with Gasteiger partial charge in [0.1, 0.15) is 0 Å². The fourth-order valence-electron chi connectivity index (χ4n) is 2.70. The van der Waals surface area contributed by atoms with Crippen LogP contribution in [0.5, 0.6) is 0 Å². The summed E-state index contributed by atoms with van der Waals surface area (Å²) in [5.41, 5.74) is 1.98. The normalized spacial score (nSPS) is 12.1. The van der Waals surface area contributed by atoms with Crippen LogP contribution in [-0.2, 0) is 11.3 Å². The maximum Gasteiger partial charge on any atom is 0.343 e. The maximum atomic E-state index is 12.6. The van der Waals surface area contributed by atoms with Crippen LogP contribution >= 0.6 is 23.1 Å². The quantitative estimate of drug-likeness (QED) is 0.566. The number of carbonyl (C=O) groups is 1. The van der Waals surface area contributed by atoms with Gasteiger partial charge in [0.25, 0.3) is 0 Å². The highest BCUT2D eigenvalue weighted by atomic mass is 32.2. The number of H-pyrrole nitrogens is 1. The van der Waals surface area contributed by atoms with Crippen LogP contribution in [0.4, 0.5) is 0 Å². The molecule has 1 unspecified atom stereocenters. The van der Waals surface area contributed by atoms with E-state index >= 15 is 0 Å². The minimum Gasteiger partial charge on any atom is -0.344 e. The maximum absolute atomic E-state index is 12.6. The SMILES string of the molecule is CCCn1c(SCC(=O)NC(c2ccc(C)cc2)c2cccs2)n[nH]c1=O. The number of carbonyl (C=O) groups excluding carboxylic acids is 1. The van der Waals surface area contributed by atoms with Gasteiger partial charge in [-0.05, 0) is 30.4 Å². The summed E-state index contributed by atoms with van der Waals surface area (Å²) in [6.07, 6.45) is 0.826. The Labute approximate surface area is 166 Å². The van der Waals surface area contributed by atoms with Crippen LogP contribution in [0.2, 0.25) is 0 Å². The van der Waals surface area contributed by atoms with Crippen LogP contribution in [0, 0.1) is 6.92 Å². The van der Waals surface area contributed by atoms with Gasteiger partial charge in [-0.15, -0.1) is 16.4 Å². The van der Waals surface area contributed by atoms with Crippen molar-refractivity contribution < 1.29 is 4.79 Å². The average molecular weight is 403 g/mol. The van der Waals surface area contributed by atoms with Gasteiger partial charge in [0.2, 0.25) is 5.91 Å². The van der Waals surface area contributed by atoms with Gasteiger partial charge in [0.05, 0.1) is 11.8 Å². The first-order valence-electron chi connectivity index (χ1n) is 8.75. The Morgan fingerprint density at radius 3 is 2.78 bits per heavy atom. The van der Waals surface area contributed by atoms with Gasteiger partial charge in [0.15, 0.2) is 5.16 Å². The van der Waals surface area contributed by atoms with Gasteiger partial charge in [-0.3, -0.25) is 9.36 Å². The molecule has 0 saturated carbocycles. The summed E-state index contributed by atoms with van der Waals surface area (Å²) >= 11 is 2.88. The van der Waals surface area contributed by atoms with Gasteiger partial charge in [-0.1, -0.05) is 54.6 Å². The summed E-state index contributed by atoms with van der Waals surface area (Å²) in [7, 11) is 0. The first-order chi connectivity index (χ1) is 13.1. The number of hydrogen-bond acceptors (Lipinski definition) is 5. The van der Waals surface area contributed by atoms with Crippen LogP contribution < -0.4 is 11.0 Å². The average Bonchev–Trinajstić information content (AvgIpc) is 3.30. The second-order valence-electron chi connectivity index (χ2n) is 6.18. The molecule has 1 aromatic carbocycles. The van der Waals surface area contributed by atoms with Crippen molar-refractivity contribution >= 4 is 29.0 Å². The molecule has 8 heteroatoms. The molecule has 1 amide bonds. The van der Waals surface area contributed by atoms with E-state index in [9.17, 15) is 9.59 Å². The van der Waals surface area contributed by atoms with Gasteiger partial charge >= 0.3 is 5.69 Å². The molecule has 0 radical (unpaired) electrons. The second kappa shape index (κ2) is 9.05. The largest absolute Gasteiger partial charge is 0.344 e. The first-order valence-corrected chi connectivity index (χ1v) is 10.6. The number of benzene rings is 1. The van der Waals surface area contributed by atoms with E-state index < -0.39 is 0 Å². The van der Waals surface area contributed by atoms with Gasteiger partial charge in [-0.2, -0.15) is 0 Å². The highest BCUT2D eigenvalue weighted by Gasteiger charge is 2.19. The molecule has 0 fully saturated rings. The summed E-state index contributed by atoms with van der Waals surface area (Å²) in [5, 5.41) is 12.1. The molecule has 2 heterocycles. The Kier molecular flexibility index (Phi) is 6.52. The van der Waals surface area contributed by atoms with Gasteiger partial charge < -0.3 is 5.32 Å². The third kappa shape index (κ3) is 4.90. The molecular formula is C19H22N4O2S2. The summed E-state index contributed by atoms with van der Waals surface area (Å²) in [6, 6.07) is 12.0. The Morgan fingerprint density at radius 1 is 1.33 bits per heavy atom. The van der Waals surface area contributed by atoms with Crippen LogP contribution in [0.3, 0.4) is 0 Å². The topological polar surface area (TPSA) is 79.8 Å². The zero-order chi connectivity index (χ0) is 19.2. The molecule has 6 nitrogen and oxygen atoms in total. The summed E-state index contributed by atoms with van der Waals surface area (Å²) in [4.78, 5) is 25.4. The molecule has 0 bridgehead atoms. The Morgan fingerprint density at radius 2 is 2.11 bits per heavy atom. The predicted octanol–water partition coefficient (Wildman–Crippen LogP) is 3.35. The van der Waals surface area contributed by atoms with Crippen molar-refractivity contribution in [3.05, 3.63) is 68.3 Å². The fraction of sp³-hybridized carbons (Fsp3) is 0.316. The molecule has 0 spiro atoms. The number of hydrogen-bond donors (Lipinski definition) is 2. The molecule has 2 aromatic heterocycles. The monoisotopic (exact) mass is 402 g/mol. The molecule has 0 aliphatic rings. The van der Waals surface area contributed by atoms with Crippen molar-refractivity contribution in [2.45, 2.75) is 38.0 Å². The Balaban J connectivity index is 1.70. The number of thioether (sulfide) groups is 1. The molecule has 1 atom stereocenters. The zero-order valence-corrected chi connectivity index (χ0v) is 16.9. The van der Waals surface area contributed by atoms with Gasteiger partial charge in [0, 0.05) is 11.4 Å². The molecule has 27 heavy (non-hydrogen) atoms. The lowest BCUT2D eigenvalue weighted by Crippen LogP contribution is -2.30. The molecule has 3 rings (SSSR count). The number of aryl methyl sites for hydroxylation is 1. The summed E-state index contributed by atoms with van der Waals surface area (Å²) in [5.74, 6) is 0.0966. The van der Waals surface area contributed by atoms with E-state index in [-0.39, 0.29) is 23.4 Å². The number of amides is 1. The second-order valence-corrected chi connectivity index (χ2v) is 8.10. The van der Waals surface area contributed by atoms with Crippen molar-refractivity contribution in [2.75, 3.05) is 5.75 Å². The van der Waals surface area contributed by atoms with Crippen molar-refractivity contribution in [1.82, 2.24) is 20.1 Å². The fourth-order valence-corrected chi connectivity index (χ4v) is 4.29. The molecule has 0 saturated heterocycles. The van der Waals surface area contributed by atoms with E-state index in [2.05, 4.69) is 15.5 Å². The third-order valence-corrected chi connectivity index (χ3v) is 5.96. The van der Waals surface area contributed by atoms with Gasteiger partial charge in [-0.25, -0.2) is 9.89 Å². The first kappa shape index (κ1) is 19.4. The van der Waals surface area contributed by atoms with Crippen LogP contribution in [0.25, 0.3) is 0 Å². The molecular weight excluding hydrogens is 380 g/mol. The molecule has 3 aromatic rings. The van der Waals surface area contributed by atoms with E-state index in [1.165, 1.54) is 17.3 Å². The number of thiophene rings is 1. The van der Waals surface area contributed by atoms with E-state index in [0.29, 0.717) is 11.7 Å². The molecule has 0 aliphatic carbocycles. The Hall–Kier alpha value is -2.32. The highest BCUT2D eigenvalue weighted by molar-refractivity contribution is 7.99. The standard InChI is InChI=1S/C19H22N4O2S2/c1-3-10-23-18(25)21-22-19(23)27-12-16(24)20-17(15-5-4-11-26-15)14-8-6-13(2)7-9-14/h4-9,11,17H,3,10,12H2,1-2H3,(H,20,24)(H,21,25). The van der Waals surface area contributed by atoms with Crippen LogP contribution in [0.1, 0.15) is 35.4 Å². The van der Waals surface area contributed by atoms with Crippen molar-refractivity contribution in [3.8, 4) is 0 Å². The lowest BCUT2D eigenvalue weighted by Gasteiger charge is -2.18. The molecule has 2 N–H and O–H groups in total.